The molecule has 0 atom stereocenters. The average molecular weight is 208 g/mol. The van der Waals surface area contributed by atoms with E-state index >= 15 is 0 Å². The van der Waals surface area contributed by atoms with Crippen molar-refractivity contribution in [2.24, 2.45) is 0 Å². The van der Waals surface area contributed by atoms with Crippen LogP contribution < -0.4 is 10.6 Å². The van der Waals surface area contributed by atoms with Gasteiger partial charge in [0.25, 0.3) is 0 Å². The maximum Gasteiger partial charge on any atom is 0.231 e. The topological polar surface area (TPSA) is 58.2 Å². The van der Waals surface area contributed by atoms with Crippen molar-refractivity contribution < 1.29 is 14.0 Å². The molecule has 1 aromatic rings. The maximum atomic E-state index is 12.6. The van der Waals surface area contributed by atoms with E-state index in [9.17, 15) is 14.0 Å². The highest BCUT2D eigenvalue weighted by molar-refractivity contribution is 5.99. The Kier molecular flexibility index (Phi) is 2.37. The van der Waals surface area contributed by atoms with Gasteiger partial charge in [0.05, 0.1) is 0 Å². The summed E-state index contributed by atoms with van der Waals surface area (Å²) in [6, 6.07) is 5.60. The van der Waals surface area contributed by atoms with Gasteiger partial charge in [-0.2, -0.15) is 0 Å². The summed E-state index contributed by atoms with van der Waals surface area (Å²) in [4.78, 5) is 22.2. The summed E-state index contributed by atoms with van der Waals surface area (Å²) in [7, 11) is 0. The molecule has 1 aliphatic rings. The first-order valence-corrected chi connectivity index (χ1v) is 4.49. The van der Waals surface area contributed by atoms with E-state index in [2.05, 4.69) is 10.6 Å². The molecule has 0 bridgehead atoms. The molecule has 0 aliphatic carbocycles. The Hall–Kier alpha value is -1.91. The monoisotopic (exact) mass is 208 g/mol. The molecule has 0 radical (unpaired) electrons. The van der Waals surface area contributed by atoms with Crippen molar-refractivity contribution in [2.45, 2.75) is 12.6 Å². The lowest BCUT2D eigenvalue weighted by molar-refractivity contribution is -0.134. The smallest absolute Gasteiger partial charge is 0.231 e. The second-order valence-electron chi connectivity index (χ2n) is 3.30. The van der Waals surface area contributed by atoms with Gasteiger partial charge in [-0.25, -0.2) is 4.39 Å². The fraction of sp³-hybridized carbons (Fsp3) is 0.200. The van der Waals surface area contributed by atoms with E-state index in [1.165, 1.54) is 24.3 Å². The number of benzene rings is 1. The Balaban J connectivity index is 2.19. The van der Waals surface area contributed by atoms with Gasteiger partial charge in [-0.3, -0.25) is 9.59 Å². The molecule has 1 saturated heterocycles. The number of carbonyl (C=O) groups is 2. The molecule has 1 aromatic carbocycles. The lowest BCUT2D eigenvalue weighted by atomic mass is 10.1. The first kappa shape index (κ1) is 9.64. The van der Waals surface area contributed by atoms with Crippen LogP contribution in [0, 0.1) is 5.82 Å². The fourth-order valence-electron chi connectivity index (χ4n) is 1.43. The summed E-state index contributed by atoms with van der Waals surface area (Å²) < 4.78 is 12.6. The molecule has 5 heteroatoms. The van der Waals surface area contributed by atoms with Crippen molar-refractivity contribution in [1.82, 2.24) is 10.6 Å². The minimum absolute atomic E-state index is 0.155. The Morgan fingerprint density at radius 3 is 2.13 bits per heavy atom. The number of carbonyl (C=O) groups excluding carboxylic acids is 2. The minimum Gasteiger partial charge on any atom is -0.332 e. The third kappa shape index (κ3) is 2.12. The Labute approximate surface area is 85.5 Å². The lowest BCUT2D eigenvalue weighted by Crippen LogP contribution is -2.48. The zero-order valence-electron chi connectivity index (χ0n) is 7.79. The number of rotatable bonds is 1. The standard InChI is InChI=1S/C10H9FN2O2/c11-7-3-1-6(2-4-7)10-12-8(14)5-9(15)13-10/h1-4,10H,5H2,(H,12,14)(H,13,15). The predicted molar refractivity (Wildman–Crippen MR) is 50.0 cm³/mol. The van der Waals surface area contributed by atoms with Crippen LogP contribution in [0.2, 0.25) is 0 Å². The normalized spacial score (nSPS) is 17.1. The van der Waals surface area contributed by atoms with Crippen LogP contribution >= 0.6 is 0 Å². The molecule has 1 fully saturated rings. The average Bonchev–Trinajstić information content (AvgIpc) is 2.17. The number of nitrogens with one attached hydrogen (secondary N) is 2. The summed E-state index contributed by atoms with van der Waals surface area (Å²) in [5.74, 6) is -1.01. The summed E-state index contributed by atoms with van der Waals surface area (Å²) in [6.45, 7) is 0. The van der Waals surface area contributed by atoms with E-state index in [4.69, 9.17) is 0 Å². The SMILES string of the molecule is O=C1CC(=O)NC(c2ccc(F)cc2)N1. The number of hydrogen-bond acceptors (Lipinski definition) is 2. The van der Waals surface area contributed by atoms with E-state index in [1.54, 1.807) is 0 Å². The second kappa shape index (κ2) is 3.68. The highest BCUT2D eigenvalue weighted by atomic mass is 19.1. The van der Waals surface area contributed by atoms with Crippen molar-refractivity contribution in [2.75, 3.05) is 0 Å². The quantitative estimate of drug-likeness (QED) is 0.659. The molecule has 0 saturated carbocycles. The molecule has 2 N–H and O–H groups in total. The van der Waals surface area contributed by atoms with E-state index < -0.39 is 6.17 Å². The van der Waals surface area contributed by atoms with E-state index in [1.807, 2.05) is 0 Å². The number of amides is 2. The van der Waals surface area contributed by atoms with Gasteiger partial charge in [0.15, 0.2) is 0 Å². The zero-order chi connectivity index (χ0) is 10.8. The van der Waals surface area contributed by atoms with Crippen LogP contribution in [0.25, 0.3) is 0 Å². The van der Waals surface area contributed by atoms with Crippen LogP contribution in [0.5, 0.6) is 0 Å². The molecule has 4 nitrogen and oxygen atoms in total. The Morgan fingerprint density at radius 1 is 1.07 bits per heavy atom. The lowest BCUT2D eigenvalue weighted by Gasteiger charge is -2.24. The Bertz CT molecular complexity index is 386. The molecule has 1 heterocycles. The van der Waals surface area contributed by atoms with Crippen molar-refractivity contribution in [1.29, 1.82) is 0 Å². The molecular weight excluding hydrogens is 199 g/mol. The molecule has 0 unspecified atom stereocenters. The minimum atomic E-state index is -0.556. The molecule has 78 valence electrons. The van der Waals surface area contributed by atoms with Crippen molar-refractivity contribution in [3.63, 3.8) is 0 Å². The van der Waals surface area contributed by atoms with Crippen LogP contribution in [0.15, 0.2) is 24.3 Å². The second-order valence-corrected chi connectivity index (χ2v) is 3.30. The van der Waals surface area contributed by atoms with Crippen LogP contribution in [0.3, 0.4) is 0 Å². The van der Waals surface area contributed by atoms with Gasteiger partial charge in [-0.15, -0.1) is 0 Å². The van der Waals surface area contributed by atoms with Crippen LogP contribution in [0.4, 0.5) is 4.39 Å². The number of halogens is 1. The fourth-order valence-corrected chi connectivity index (χ4v) is 1.43. The molecule has 0 aromatic heterocycles. The van der Waals surface area contributed by atoms with Gasteiger partial charge in [0.2, 0.25) is 11.8 Å². The third-order valence-electron chi connectivity index (χ3n) is 2.14. The molecule has 2 amide bonds. The molecule has 15 heavy (non-hydrogen) atoms. The molecular formula is C10H9FN2O2. The van der Waals surface area contributed by atoms with Gasteiger partial charge in [-0.05, 0) is 17.7 Å². The van der Waals surface area contributed by atoms with Gasteiger partial charge in [-0.1, -0.05) is 12.1 Å². The van der Waals surface area contributed by atoms with Crippen LogP contribution in [0.1, 0.15) is 18.2 Å². The Morgan fingerprint density at radius 2 is 1.60 bits per heavy atom. The summed E-state index contributed by atoms with van der Waals surface area (Å²) in [5, 5.41) is 5.18. The molecule has 1 aliphatic heterocycles. The van der Waals surface area contributed by atoms with Gasteiger partial charge in [0.1, 0.15) is 18.4 Å². The van der Waals surface area contributed by atoms with Gasteiger partial charge in [0, 0.05) is 0 Å². The van der Waals surface area contributed by atoms with Crippen molar-refractivity contribution in [3.05, 3.63) is 35.6 Å². The molecule has 2 rings (SSSR count). The van der Waals surface area contributed by atoms with Crippen molar-refractivity contribution in [3.8, 4) is 0 Å². The summed E-state index contributed by atoms with van der Waals surface area (Å²) in [6.07, 6.45) is -0.711. The predicted octanol–water partition coefficient (Wildman–Crippen LogP) is 0.460. The first-order chi connectivity index (χ1) is 7.15. The van der Waals surface area contributed by atoms with Crippen LogP contribution in [-0.2, 0) is 9.59 Å². The van der Waals surface area contributed by atoms with E-state index in [-0.39, 0.29) is 24.1 Å². The van der Waals surface area contributed by atoms with E-state index in [0.717, 1.165) is 0 Å². The molecule has 0 spiro atoms. The van der Waals surface area contributed by atoms with E-state index in [0.29, 0.717) is 5.56 Å². The highest BCUT2D eigenvalue weighted by Crippen LogP contribution is 2.13. The highest BCUT2D eigenvalue weighted by Gasteiger charge is 2.24. The van der Waals surface area contributed by atoms with Gasteiger partial charge < -0.3 is 10.6 Å². The zero-order valence-corrected chi connectivity index (χ0v) is 7.79. The first-order valence-electron chi connectivity index (χ1n) is 4.49. The third-order valence-corrected chi connectivity index (χ3v) is 2.14. The van der Waals surface area contributed by atoms with Crippen LogP contribution in [-0.4, -0.2) is 11.8 Å². The summed E-state index contributed by atoms with van der Waals surface area (Å²) >= 11 is 0. The van der Waals surface area contributed by atoms with Crippen molar-refractivity contribution >= 4 is 11.8 Å². The maximum absolute atomic E-state index is 12.6. The number of hydrogen-bond donors (Lipinski definition) is 2. The summed E-state index contributed by atoms with van der Waals surface area (Å²) in [5.41, 5.74) is 0.651. The largest absolute Gasteiger partial charge is 0.332 e. The van der Waals surface area contributed by atoms with Gasteiger partial charge >= 0.3 is 0 Å².